The highest BCUT2D eigenvalue weighted by Gasteiger charge is 2.24. The van der Waals surface area contributed by atoms with E-state index in [2.05, 4.69) is 48.8 Å². The van der Waals surface area contributed by atoms with Gasteiger partial charge in [-0.3, -0.25) is 4.98 Å². The smallest absolute Gasteiger partial charge is 0.141 e. The normalized spacial score (nSPS) is 14.8. The van der Waals surface area contributed by atoms with Gasteiger partial charge in [-0.15, -0.1) is 5.10 Å². The lowest BCUT2D eigenvalue weighted by atomic mass is 10.0. The fourth-order valence-electron chi connectivity index (χ4n) is 5.43. The van der Waals surface area contributed by atoms with E-state index in [9.17, 15) is 9.65 Å². The largest absolute Gasteiger partial charge is 0.373 e. The Bertz CT molecular complexity index is 1850. The molecule has 1 fully saturated rings. The lowest BCUT2D eigenvalue weighted by Crippen LogP contribution is -2.34. The number of pyridine rings is 2. The highest BCUT2D eigenvalue weighted by molar-refractivity contribution is 6.36. The SMILES string of the molecule is CCN1CCC(n2cc([C@@H](Nc3cc(Cl)c4ncc(C#N)c(Nc5ccc(F)c(Cl)c5)c4c3)c3ccc(Cl)nc3)nn2)CC1. The molecule has 3 aromatic heterocycles. The van der Waals surface area contributed by atoms with Crippen LogP contribution in [0.4, 0.5) is 21.5 Å². The molecule has 224 valence electrons. The maximum absolute atomic E-state index is 13.8. The van der Waals surface area contributed by atoms with Gasteiger partial charge in [0.15, 0.2) is 0 Å². The van der Waals surface area contributed by atoms with Crippen molar-refractivity contribution in [3.8, 4) is 6.07 Å². The van der Waals surface area contributed by atoms with Gasteiger partial charge in [0.25, 0.3) is 0 Å². The Morgan fingerprint density at radius 1 is 1.02 bits per heavy atom. The number of nitrogens with one attached hydrogen (secondary N) is 2. The second-order valence-electron chi connectivity index (χ2n) is 10.5. The van der Waals surface area contributed by atoms with Gasteiger partial charge in [-0.25, -0.2) is 14.1 Å². The summed E-state index contributed by atoms with van der Waals surface area (Å²) in [5, 5.41) is 27.0. The van der Waals surface area contributed by atoms with Crippen molar-refractivity contribution in [3.05, 3.63) is 98.9 Å². The van der Waals surface area contributed by atoms with Gasteiger partial charge >= 0.3 is 0 Å². The third-order valence-corrected chi connectivity index (χ3v) is 8.63. The lowest BCUT2D eigenvalue weighted by molar-refractivity contribution is 0.186. The average Bonchev–Trinajstić information content (AvgIpc) is 3.52. The Labute approximate surface area is 268 Å². The monoisotopic (exact) mass is 649 g/mol. The van der Waals surface area contributed by atoms with Crippen LogP contribution in [0.3, 0.4) is 0 Å². The summed E-state index contributed by atoms with van der Waals surface area (Å²) in [6.07, 6.45) is 7.12. The van der Waals surface area contributed by atoms with Gasteiger partial charge in [0, 0.05) is 42.2 Å². The molecule has 0 saturated carbocycles. The van der Waals surface area contributed by atoms with E-state index in [-0.39, 0.29) is 16.6 Å². The number of anilines is 3. The van der Waals surface area contributed by atoms with Crippen molar-refractivity contribution in [3.63, 3.8) is 0 Å². The predicted octanol–water partition coefficient (Wildman–Crippen LogP) is 7.79. The third-order valence-electron chi connectivity index (χ3n) is 7.83. The van der Waals surface area contributed by atoms with Crippen LogP contribution in [-0.4, -0.2) is 49.5 Å². The van der Waals surface area contributed by atoms with Crippen molar-refractivity contribution < 1.29 is 4.39 Å². The molecule has 1 aliphatic rings. The number of halogens is 4. The van der Waals surface area contributed by atoms with Crippen LogP contribution >= 0.6 is 34.8 Å². The summed E-state index contributed by atoms with van der Waals surface area (Å²) in [5.74, 6) is -0.544. The van der Waals surface area contributed by atoms with E-state index < -0.39 is 11.9 Å². The summed E-state index contributed by atoms with van der Waals surface area (Å²) in [7, 11) is 0. The zero-order chi connectivity index (χ0) is 30.8. The van der Waals surface area contributed by atoms with Crippen LogP contribution in [-0.2, 0) is 0 Å². The fraction of sp³-hybridized carbons (Fsp3) is 0.258. The summed E-state index contributed by atoms with van der Waals surface area (Å²) < 4.78 is 15.8. The van der Waals surface area contributed by atoms with E-state index in [1.54, 1.807) is 18.3 Å². The fourth-order valence-corrected chi connectivity index (χ4v) is 6.00. The molecule has 2 N–H and O–H groups in total. The minimum Gasteiger partial charge on any atom is -0.373 e. The molecule has 1 aliphatic heterocycles. The summed E-state index contributed by atoms with van der Waals surface area (Å²) in [5.41, 5.74) is 3.89. The maximum atomic E-state index is 13.8. The highest BCUT2D eigenvalue weighted by Crippen LogP contribution is 2.37. The van der Waals surface area contributed by atoms with Crippen molar-refractivity contribution >= 4 is 62.8 Å². The van der Waals surface area contributed by atoms with Crippen molar-refractivity contribution in [1.29, 1.82) is 5.26 Å². The van der Waals surface area contributed by atoms with Crippen molar-refractivity contribution in [2.24, 2.45) is 0 Å². The third kappa shape index (κ3) is 6.28. The molecule has 9 nitrogen and oxygen atoms in total. The van der Waals surface area contributed by atoms with Crippen LogP contribution in [0, 0.1) is 17.1 Å². The molecule has 6 rings (SSSR count). The number of fused-ring (bicyclic) bond motifs is 1. The Kier molecular flexibility index (Phi) is 8.82. The first-order valence-electron chi connectivity index (χ1n) is 14.1. The molecule has 44 heavy (non-hydrogen) atoms. The average molecular weight is 651 g/mol. The van der Waals surface area contributed by atoms with Crippen LogP contribution in [0.25, 0.3) is 10.9 Å². The van der Waals surface area contributed by atoms with Gasteiger partial charge in [-0.1, -0.05) is 53.0 Å². The lowest BCUT2D eigenvalue weighted by Gasteiger charge is -2.30. The molecule has 4 heterocycles. The first kappa shape index (κ1) is 30.0. The first-order valence-corrected chi connectivity index (χ1v) is 15.2. The van der Waals surface area contributed by atoms with Crippen LogP contribution < -0.4 is 10.6 Å². The maximum Gasteiger partial charge on any atom is 0.141 e. The molecule has 13 heteroatoms. The van der Waals surface area contributed by atoms with Gasteiger partial charge in [0.1, 0.15) is 22.7 Å². The number of likely N-dealkylation sites (tertiary alicyclic amines) is 1. The molecule has 1 saturated heterocycles. The summed E-state index contributed by atoms with van der Waals surface area (Å²) in [6.45, 7) is 5.26. The Balaban J connectivity index is 1.38. The number of rotatable bonds is 8. The van der Waals surface area contributed by atoms with Crippen LogP contribution in [0.5, 0.6) is 0 Å². The summed E-state index contributed by atoms with van der Waals surface area (Å²) in [4.78, 5) is 11.2. The van der Waals surface area contributed by atoms with Gasteiger partial charge in [-0.05, 0) is 61.3 Å². The number of hydrogen-bond acceptors (Lipinski definition) is 8. The van der Waals surface area contributed by atoms with E-state index in [0.717, 1.165) is 38.0 Å². The minimum atomic E-state index is -0.544. The first-order chi connectivity index (χ1) is 21.3. The number of hydrogen-bond donors (Lipinski definition) is 2. The molecule has 0 bridgehead atoms. The molecular formula is C31H27Cl3FN9. The molecular weight excluding hydrogens is 624 g/mol. The van der Waals surface area contributed by atoms with E-state index in [1.807, 2.05) is 23.0 Å². The number of aromatic nitrogens is 5. The minimum absolute atomic E-state index is 0.0457. The van der Waals surface area contributed by atoms with E-state index >= 15 is 0 Å². The Morgan fingerprint density at radius 3 is 2.52 bits per heavy atom. The molecule has 0 amide bonds. The number of nitrogens with zero attached hydrogens (tertiary/aromatic N) is 7. The molecule has 2 aromatic carbocycles. The standard InChI is InChI=1S/C31H27Cl3FN9/c1-2-43-9-7-22(8-10-43)44-17-27(41-42-44)30(18-3-6-28(34)37-15-18)40-21-11-23-29(39-20-4-5-26(35)24(32)12-20)19(14-36)16-38-31(23)25(33)13-21/h3-6,11-13,15-17,22,30,40H,2,7-10H2,1H3,(H,38,39)/t30-/m0/s1. The van der Waals surface area contributed by atoms with Gasteiger partial charge in [0.05, 0.1) is 45.1 Å². The quantitative estimate of drug-likeness (QED) is 0.164. The van der Waals surface area contributed by atoms with E-state index in [1.165, 1.54) is 24.4 Å². The number of nitriles is 1. The number of benzene rings is 2. The summed E-state index contributed by atoms with van der Waals surface area (Å²) in [6, 6.07) is 13.5. The summed E-state index contributed by atoms with van der Waals surface area (Å²) >= 11 is 18.9. The highest BCUT2D eigenvalue weighted by atomic mass is 35.5. The zero-order valence-electron chi connectivity index (χ0n) is 23.6. The van der Waals surface area contributed by atoms with Gasteiger partial charge < -0.3 is 15.5 Å². The van der Waals surface area contributed by atoms with Crippen LogP contribution in [0.2, 0.25) is 15.2 Å². The Hall–Kier alpha value is -4.01. The zero-order valence-corrected chi connectivity index (χ0v) is 25.9. The Morgan fingerprint density at radius 2 is 1.82 bits per heavy atom. The molecule has 0 aliphatic carbocycles. The van der Waals surface area contributed by atoms with E-state index in [4.69, 9.17) is 34.8 Å². The number of piperidine rings is 1. The molecule has 0 spiro atoms. The van der Waals surface area contributed by atoms with Gasteiger partial charge in [0.2, 0.25) is 0 Å². The van der Waals surface area contributed by atoms with E-state index in [0.29, 0.717) is 43.8 Å². The van der Waals surface area contributed by atoms with Crippen LogP contribution in [0.15, 0.2) is 61.1 Å². The molecule has 0 radical (unpaired) electrons. The molecule has 0 unspecified atom stereocenters. The van der Waals surface area contributed by atoms with Crippen molar-refractivity contribution in [2.45, 2.75) is 31.8 Å². The second-order valence-corrected chi connectivity index (χ2v) is 11.7. The van der Waals surface area contributed by atoms with Crippen molar-refractivity contribution in [1.82, 2.24) is 29.9 Å². The van der Waals surface area contributed by atoms with Crippen molar-refractivity contribution in [2.75, 3.05) is 30.3 Å². The molecule has 1 atom stereocenters. The van der Waals surface area contributed by atoms with Gasteiger partial charge in [-0.2, -0.15) is 5.26 Å². The molecule has 5 aromatic rings. The van der Waals surface area contributed by atoms with Crippen LogP contribution in [0.1, 0.15) is 48.7 Å². The predicted molar refractivity (Wildman–Crippen MR) is 171 cm³/mol. The second kappa shape index (κ2) is 12.9. The topological polar surface area (TPSA) is 108 Å².